The van der Waals surface area contributed by atoms with E-state index >= 15 is 0 Å². The molecule has 28 heavy (non-hydrogen) atoms. The van der Waals surface area contributed by atoms with Gasteiger partial charge in [0.15, 0.2) is 11.5 Å². The third kappa shape index (κ3) is 5.73. The SMILES string of the molecule is CCOc1cc(C=NNC(=O)CNC(=O)c2ccccc2OC)ccc1OC. The molecular formula is C20H23N3O5. The standard InChI is InChI=1S/C20H23N3O5/c1-4-28-18-11-14(9-10-17(18)27-3)12-22-23-19(24)13-21-20(25)15-7-5-6-8-16(15)26-2/h5-12H,4,13H2,1-3H3,(H,21,25)(H,23,24). The Hall–Kier alpha value is -3.55. The zero-order chi connectivity index (χ0) is 20.4. The number of methoxy groups -OCH3 is 2. The molecule has 0 atom stereocenters. The van der Waals surface area contributed by atoms with Crippen LogP contribution in [0.4, 0.5) is 0 Å². The van der Waals surface area contributed by atoms with Gasteiger partial charge in [0.25, 0.3) is 11.8 Å². The first-order valence-electron chi connectivity index (χ1n) is 8.63. The molecule has 2 N–H and O–H groups in total. The number of hydrazone groups is 1. The van der Waals surface area contributed by atoms with Gasteiger partial charge < -0.3 is 19.5 Å². The third-order valence-electron chi connectivity index (χ3n) is 3.65. The lowest BCUT2D eigenvalue weighted by atomic mass is 10.2. The highest BCUT2D eigenvalue weighted by Gasteiger charge is 2.12. The van der Waals surface area contributed by atoms with Crippen LogP contribution in [0, 0.1) is 0 Å². The Balaban J connectivity index is 1.88. The number of amides is 2. The first kappa shape index (κ1) is 20.8. The Morgan fingerprint density at radius 2 is 1.79 bits per heavy atom. The monoisotopic (exact) mass is 385 g/mol. The molecule has 0 aromatic heterocycles. The molecule has 0 bridgehead atoms. The Kier molecular flexibility index (Phi) is 7.83. The normalized spacial score (nSPS) is 10.4. The second kappa shape index (κ2) is 10.6. The summed E-state index contributed by atoms with van der Waals surface area (Å²) in [5, 5.41) is 6.41. The number of ether oxygens (including phenoxy) is 3. The Morgan fingerprint density at radius 3 is 2.50 bits per heavy atom. The van der Waals surface area contributed by atoms with E-state index in [2.05, 4.69) is 15.8 Å². The largest absolute Gasteiger partial charge is 0.496 e. The number of nitrogens with one attached hydrogen (secondary N) is 2. The molecule has 0 saturated carbocycles. The first-order chi connectivity index (χ1) is 13.6. The molecule has 8 nitrogen and oxygen atoms in total. The van der Waals surface area contributed by atoms with E-state index in [1.807, 2.05) is 6.92 Å². The predicted octanol–water partition coefficient (Wildman–Crippen LogP) is 1.98. The van der Waals surface area contributed by atoms with Crippen molar-refractivity contribution >= 4 is 18.0 Å². The highest BCUT2D eigenvalue weighted by molar-refractivity contribution is 5.98. The molecule has 0 spiro atoms. The van der Waals surface area contributed by atoms with Crippen LogP contribution in [-0.4, -0.2) is 45.4 Å². The zero-order valence-corrected chi connectivity index (χ0v) is 16.0. The first-order valence-corrected chi connectivity index (χ1v) is 8.63. The predicted molar refractivity (Wildman–Crippen MR) is 105 cm³/mol. The number of rotatable bonds is 9. The third-order valence-corrected chi connectivity index (χ3v) is 3.65. The van der Waals surface area contributed by atoms with E-state index in [1.165, 1.54) is 13.3 Å². The maximum Gasteiger partial charge on any atom is 0.259 e. The lowest BCUT2D eigenvalue weighted by molar-refractivity contribution is -0.120. The van der Waals surface area contributed by atoms with Crippen LogP contribution in [0.5, 0.6) is 17.2 Å². The molecule has 0 aliphatic carbocycles. The van der Waals surface area contributed by atoms with E-state index in [4.69, 9.17) is 14.2 Å². The molecule has 0 heterocycles. The summed E-state index contributed by atoms with van der Waals surface area (Å²) in [6.45, 7) is 2.15. The number of benzene rings is 2. The van der Waals surface area contributed by atoms with Crippen molar-refractivity contribution in [3.05, 3.63) is 53.6 Å². The fraction of sp³-hybridized carbons (Fsp3) is 0.250. The van der Waals surface area contributed by atoms with Crippen LogP contribution < -0.4 is 25.0 Å². The van der Waals surface area contributed by atoms with Crippen molar-refractivity contribution in [2.24, 2.45) is 5.10 Å². The number of carbonyl (C=O) groups is 2. The fourth-order valence-electron chi connectivity index (χ4n) is 2.35. The quantitative estimate of drug-likeness (QED) is 0.508. The smallest absolute Gasteiger partial charge is 0.259 e. The minimum atomic E-state index is -0.460. The van der Waals surface area contributed by atoms with Gasteiger partial charge in [-0.05, 0) is 42.8 Å². The molecule has 0 radical (unpaired) electrons. The number of nitrogens with zero attached hydrogens (tertiary/aromatic N) is 1. The molecule has 0 saturated heterocycles. The van der Waals surface area contributed by atoms with E-state index in [1.54, 1.807) is 49.6 Å². The molecule has 2 amide bonds. The van der Waals surface area contributed by atoms with Gasteiger partial charge in [-0.15, -0.1) is 0 Å². The van der Waals surface area contributed by atoms with Gasteiger partial charge in [-0.1, -0.05) is 12.1 Å². The van der Waals surface area contributed by atoms with E-state index in [9.17, 15) is 9.59 Å². The molecule has 2 rings (SSSR count). The highest BCUT2D eigenvalue weighted by atomic mass is 16.5. The minimum Gasteiger partial charge on any atom is -0.496 e. The molecule has 0 unspecified atom stereocenters. The van der Waals surface area contributed by atoms with E-state index < -0.39 is 11.8 Å². The Labute approximate surface area is 163 Å². The Morgan fingerprint density at radius 1 is 1.04 bits per heavy atom. The van der Waals surface area contributed by atoms with Gasteiger partial charge in [0.1, 0.15) is 5.75 Å². The minimum absolute atomic E-state index is 0.221. The second-order valence-electron chi connectivity index (χ2n) is 5.52. The maximum absolute atomic E-state index is 12.1. The fourth-order valence-corrected chi connectivity index (χ4v) is 2.35. The average Bonchev–Trinajstić information content (AvgIpc) is 2.72. The summed E-state index contributed by atoms with van der Waals surface area (Å²) in [6.07, 6.45) is 1.47. The van der Waals surface area contributed by atoms with Crippen molar-refractivity contribution in [1.82, 2.24) is 10.7 Å². The van der Waals surface area contributed by atoms with Crippen LogP contribution in [-0.2, 0) is 4.79 Å². The van der Waals surface area contributed by atoms with Crippen molar-refractivity contribution in [3.8, 4) is 17.2 Å². The summed E-state index contributed by atoms with van der Waals surface area (Å²) < 4.78 is 15.8. The van der Waals surface area contributed by atoms with Crippen molar-refractivity contribution in [2.75, 3.05) is 27.4 Å². The van der Waals surface area contributed by atoms with Crippen LogP contribution in [0.2, 0.25) is 0 Å². The summed E-state index contributed by atoms with van der Waals surface area (Å²) >= 11 is 0. The Bertz CT molecular complexity index is 851. The van der Waals surface area contributed by atoms with Gasteiger partial charge in [0.2, 0.25) is 0 Å². The van der Waals surface area contributed by atoms with Gasteiger partial charge in [-0.25, -0.2) is 5.43 Å². The van der Waals surface area contributed by atoms with Gasteiger partial charge in [0, 0.05) is 0 Å². The second-order valence-corrected chi connectivity index (χ2v) is 5.52. The molecule has 0 aliphatic rings. The van der Waals surface area contributed by atoms with Gasteiger partial charge >= 0.3 is 0 Å². The number of carbonyl (C=O) groups excluding carboxylic acids is 2. The van der Waals surface area contributed by atoms with E-state index in [0.29, 0.717) is 29.4 Å². The van der Waals surface area contributed by atoms with Crippen molar-refractivity contribution in [3.63, 3.8) is 0 Å². The lowest BCUT2D eigenvalue weighted by Gasteiger charge is -2.09. The highest BCUT2D eigenvalue weighted by Crippen LogP contribution is 2.27. The number of para-hydroxylation sites is 1. The zero-order valence-electron chi connectivity index (χ0n) is 16.0. The van der Waals surface area contributed by atoms with Gasteiger partial charge in [-0.3, -0.25) is 9.59 Å². The van der Waals surface area contributed by atoms with Crippen LogP contribution >= 0.6 is 0 Å². The van der Waals surface area contributed by atoms with Crippen molar-refractivity contribution in [2.45, 2.75) is 6.92 Å². The average molecular weight is 385 g/mol. The van der Waals surface area contributed by atoms with Crippen LogP contribution in [0.1, 0.15) is 22.8 Å². The maximum atomic E-state index is 12.1. The summed E-state index contributed by atoms with van der Waals surface area (Å²) in [5.41, 5.74) is 3.43. The number of hydrogen-bond acceptors (Lipinski definition) is 6. The topological polar surface area (TPSA) is 98.2 Å². The summed E-state index contributed by atoms with van der Waals surface area (Å²) in [7, 11) is 3.04. The van der Waals surface area contributed by atoms with Gasteiger partial charge in [-0.2, -0.15) is 5.10 Å². The summed E-state index contributed by atoms with van der Waals surface area (Å²) in [5.74, 6) is 0.764. The molecule has 2 aromatic rings. The van der Waals surface area contributed by atoms with Crippen LogP contribution in [0.3, 0.4) is 0 Å². The van der Waals surface area contributed by atoms with Crippen molar-refractivity contribution in [1.29, 1.82) is 0 Å². The van der Waals surface area contributed by atoms with Crippen LogP contribution in [0.25, 0.3) is 0 Å². The molecule has 8 heteroatoms. The molecule has 148 valence electrons. The summed E-state index contributed by atoms with van der Waals surface area (Å²) in [6, 6.07) is 12.0. The molecule has 0 aliphatic heterocycles. The molecule has 2 aromatic carbocycles. The van der Waals surface area contributed by atoms with Crippen molar-refractivity contribution < 1.29 is 23.8 Å². The molecular weight excluding hydrogens is 362 g/mol. The van der Waals surface area contributed by atoms with Gasteiger partial charge in [0.05, 0.1) is 39.1 Å². The lowest BCUT2D eigenvalue weighted by Crippen LogP contribution is -2.35. The van der Waals surface area contributed by atoms with E-state index in [-0.39, 0.29) is 6.54 Å². The summed E-state index contributed by atoms with van der Waals surface area (Å²) in [4.78, 5) is 24.0. The number of hydrogen-bond donors (Lipinski definition) is 2. The van der Waals surface area contributed by atoms with E-state index in [0.717, 1.165) is 5.56 Å². The van der Waals surface area contributed by atoms with Crippen LogP contribution in [0.15, 0.2) is 47.6 Å². The molecule has 0 fully saturated rings.